The fourth-order valence-corrected chi connectivity index (χ4v) is 3.70. The maximum absolute atomic E-state index is 12.4. The van der Waals surface area contributed by atoms with Gasteiger partial charge in [-0.05, 0) is 18.2 Å². The summed E-state index contributed by atoms with van der Waals surface area (Å²) in [4.78, 5) is 42.2. The first-order valence-corrected chi connectivity index (χ1v) is 9.66. The second kappa shape index (κ2) is 7.45. The molecule has 3 heterocycles. The van der Waals surface area contributed by atoms with Gasteiger partial charge in [-0.2, -0.15) is 0 Å². The molecule has 31 heavy (non-hydrogen) atoms. The molecular weight excluding hydrogens is 402 g/mol. The van der Waals surface area contributed by atoms with E-state index >= 15 is 0 Å². The Bertz CT molecular complexity index is 1170. The number of hydrogen-bond donors (Lipinski definition) is 3. The Morgan fingerprint density at radius 3 is 2.77 bits per heavy atom. The molecule has 2 aliphatic heterocycles. The highest BCUT2D eigenvalue weighted by atomic mass is 16.5. The number of hydrogen-bond acceptors (Lipinski definition) is 6. The molecular formula is C21H21N5O5. The number of amides is 3. The van der Waals surface area contributed by atoms with E-state index in [1.54, 1.807) is 29.8 Å². The summed E-state index contributed by atoms with van der Waals surface area (Å²) in [6, 6.07) is 5.07. The molecule has 4 N–H and O–H groups in total. The number of primary amides is 1. The third-order valence-electron chi connectivity index (χ3n) is 5.36. The highest BCUT2D eigenvalue weighted by molar-refractivity contribution is 6.05. The summed E-state index contributed by atoms with van der Waals surface area (Å²) in [5, 5.41) is 13.0. The van der Waals surface area contributed by atoms with Gasteiger partial charge in [0.15, 0.2) is 5.69 Å². The number of ether oxygens (including phenoxy) is 1. The van der Waals surface area contributed by atoms with Crippen LogP contribution in [-0.4, -0.2) is 70.1 Å². The number of nitrogens with one attached hydrogen (secondary N) is 1. The quantitative estimate of drug-likeness (QED) is 0.548. The molecule has 0 aliphatic carbocycles. The number of likely N-dealkylation sites (tertiary alicyclic amines) is 1. The van der Waals surface area contributed by atoms with Crippen molar-refractivity contribution in [3.8, 4) is 29.0 Å². The lowest BCUT2D eigenvalue weighted by atomic mass is 10.0. The van der Waals surface area contributed by atoms with E-state index in [2.05, 4.69) is 22.1 Å². The van der Waals surface area contributed by atoms with Crippen molar-refractivity contribution in [2.24, 2.45) is 5.73 Å². The Hall–Kier alpha value is -3.84. The van der Waals surface area contributed by atoms with E-state index < -0.39 is 23.3 Å². The van der Waals surface area contributed by atoms with Crippen LogP contribution in [-0.2, 0) is 11.3 Å². The molecule has 0 spiro atoms. The number of fused-ring (bicyclic) bond motifs is 3. The molecule has 3 amide bonds. The van der Waals surface area contributed by atoms with Crippen LogP contribution >= 0.6 is 0 Å². The molecule has 2 aliphatic rings. The summed E-state index contributed by atoms with van der Waals surface area (Å²) in [5.41, 5.74) is 4.69. The van der Waals surface area contributed by atoms with E-state index in [1.165, 1.54) is 11.9 Å². The molecule has 0 bridgehead atoms. The summed E-state index contributed by atoms with van der Waals surface area (Å²) in [5.74, 6) is 4.63. The Balaban J connectivity index is 1.82. The SMILES string of the molecule is CNC(=O)c1c(C(N)=O)nc2n1CCOc1ccc(C#C[C@]3(O)CCN(C)C3=O)cc1-2. The van der Waals surface area contributed by atoms with Crippen molar-refractivity contribution in [2.45, 2.75) is 18.6 Å². The van der Waals surface area contributed by atoms with Crippen molar-refractivity contribution in [3.05, 3.63) is 35.2 Å². The zero-order chi connectivity index (χ0) is 22.3. The van der Waals surface area contributed by atoms with Gasteiger partial charge in [0.25, 0.3) is 17.7 Å². The average Bonchev–Trinajstić information content (AvgIpc) is 3.19. The fraction of sp³-hybridized carbons (Fsp3) is 0.333. The molecule has 1 atom stereocenters. The van der Waals surface area contributed by atoms with Crippen molar-refractivity contribution in [1.82, 2.24) is 19.8 Å². The number of carbonyl (C=O) groups is 3. The summed E-state index contributed by atoms with van der Waals surface area (Å²) in [7, 11) is 3.07. The molecule has 0 saturated carbocycles. The predicted octanol–water partition coefficient (Wildman–Crippen LogP) is -0.654. The van der Waals surface area contributed by atoms with Crippen molar-refractivity contribution in [2.75, 3.05) is 27.2 Å². The molecule has 0 radical (unpaired) electrons. The molecule has 4 rings (SSSR count). The van der Waals surface area contributed by atoms with Crippen LogP contribution in [0.15, 0.2) is 18.2 Å². The summed E-state index contributed by atoms with van der Waals surface area (Å²) in [6.45, 7) is 0.969. The molecule has 0 unspecified atom stereocenters. The van der Waals surface area contributed by atoms with Crippen LogP contribution in [0.5, 0.6) is 5.75 Å². The standard InChI is InChI=1S/C21H21N5O5/c1-23-19(28)16-15(17(22)27)24-18-13-11-12(3-4-14(13)31-10-9-26(16)18)5-6-21(30)7-8-25(2)20(21)29/h3-4,11,30H,7-10H2,1-2H3,(H2,22,27)(H,23,28)/t21-/m0/s1. The van der Waals surface area contributed by atoms with Crippen LogP contribution in [0.3, 0.4) is 0 Å². The number of nitrogens with two attached hydrogens (primary N) is 1. The van der Waals surface area contributed by atoms with Gasteiger partial charge in [-0.25, -0.2) is 4.98 Å². The first-order chi connectivity index (χ1) is 14.7. The van der Waals surface area contributed by atoms with E-state index in [0.717, 1.165) is 0 Å². The van der Waals surface area contributed by atoms with E-state index in [-0.39, 0.29) is 31.0 Å². The van der Waals surface area contributed by atoms with Gasteiger partial charge in [0.1, 0.15) is 23.9 Å². The number of carbonyl (C=O) groups excluding carboxylic acids is 3. The normalized spacial score (nSPS) is 19.5. The van der Waals surface area contributed by atoms with E-state index in [4.69, 9.17) is 10.5 Å². The fourth-order valence-electron chi connectivity index (χ4n) is 3.70. The van der Waals surface area contributed by atoms with Crippen LogP contribution < -0.4 is 15.8 Å². The van der Waals surface area contributed by atoms with E-state index in [9.17, 15) is 19.5 Å². The molecule has 10 nitrogen and oxygen atoms in total. The first kappa shape index (κ1) is 20.4. The summed E-state index contributed by atoms with van der Waals surface area (Å²) in [6.07, 6.45) is 0.227. The highest BCUT2D eigenvalue weighted by Gasteiger charge is 2.42. The van der Waals surface area contributed by atoms with E-state index in [0.29, 0.717) is 29.2 Å². The Kier molecular flexibility index (Phi) is 4.91. The molecule has 1 fully saturated rings. The number of imidazole rings is 1. The summed E-state index contributed by atoms with van der Waals surface area (Å²) < 4.78 is 7.36. The van der Waals surface area contributed by atoms with Crippen molar-refractivity contribution in [3.63, 3.8) is 0 Å². The maximum atomic E-state index is 12.4. The topological polar surface area (TPSA) is 140 Å². The predicted molar refractivity (Wildman–Crippen MR) is 109 cm³/mol. The van der Waals surface area contributed by atoms with Gasteiger partial charge >= 0.3 is 0 Å². The van der Waals surface area contributed by atoms with Gasteiger partial charge < -0.3 is 30.4 Å². The smallest absolute Gasteiger partial charge is 0.270 e. The second-order valence-corrected chi connectivity index (χ2v) is 7.37. The van der Waals surface area contributed by atoms with Crippen molar-refractivity contribution in [1.29, 1.82) is 0 Å². The number of rotatable bonds is 2. The first-order valence-electron chi connectivity index (χ1n) is 9.66. The minimum atomic E-state index is -1.72. The minimum Gasteiger partial charge on any atom is -0.491 e. The molecule has 1 aromatic carbocycles. The number of nitrogens with zero attached hydrogens (tertiary/aromatic N) is 3. The minimum absolute atomic E-state index is 0.0619. The Morgan fingerprint density at radius 1 is 1.35 bits per heavy atom. The molecule has 2 aromatic rings. The van der Waals surface area contributed by atoms with Crippen LogP contribution in [0.1, 0.15) is 33.0 Å². The zero-order valence-electron chi connectivity index (χ0n) is 17.1. The molecule has 1 aromatic heterocycles. The van der Waals surface area contributed by atoms with Gasteiger partial charge in [0.05, 0.1) is 12.1 Å². The number of likely N-dealkylation sites (N-methyl/N-ethyl adjacent to an activating group) is 1. The maximum Gasteiger partial charge on any atom is 0.270 e. The second-order valence-electron chi connectivity index (χ2n) is 7.37. The van der Waals surface area contributed by atoms with Gasteiger partial charge in [-0.1, -0.05) is 11.8 Å². The lowest BCUT2D eigenvalue weighted by Crippen LogP contribution is -2.37. The van der Waals surface area contributed by atoms with E-state index in [1.807, 2.05) is 0 Å². The summed E-state index contributed by atoms with van der Waals surface area (Å²) >= 11 is 0. The van der Waals surface area contributed by atoms with Crippen molar-refractivity contribution >= 4 is 17.7 Å². The van der Waals surface area contributed by atoms with Gasteiger partial charge in [-0.3, -0.25) is 14.4 Å². The Labute approximate surface area is 178 Å². The largest absolute Gasteiger partial charge is 0.491 e. The highest BCUT2D eigenvalue weighted by Crippen LogP contribution is 2.34. The average molecular weight is 423 g/mol. The third-order valence-corrected chi connectivity index (χ3v) is 5.36. The lowest BCUT2D eigenvalue weighted by molar-refractivity contribution is -0.137. The van der Waals surface area contributed by atoms with Crippen LogP contribution in [0, 0.1) is 11.8 Å². The zero-order valence-corrected chi connectivity index (χ0v) is 17.1. The molecule has 10 heteroatoms. The van der Waals surface area contributed by atoms with Crippen molar-refractivity contribution < 1.29 is 24.2 Å². The molecule has 160 valence electrons. The monoisotopic (exact) mass is 423 g/mol. The van der Waals surface area contributed by atoms with Gasteiger partial charge in [-0.15, -0.1) is 0 Å². The van der Waals surface area contributed by atoms with Crippen LogP contribution in [0.25, 0.3) is 11.4 Å². The number of aliphatic hydroxyl groups is 1. The third kappa shape index (κ3) is 3.39. The van der Waals surface area contributed by atoms with Crippen LogP contribution in [0.4, 0.5) is 0 Å². The Morgan fingerprint density at radius 2 is 2.13 bits per heavy atom. The number of benzene rings is 1. The van der Waals surface area contributed by atoms with Crippen LogP contribution in [0.2, 0.25) is 0 Å². The van der Waals surface area contributed by atoms with Gasteiger partial charge in [0, 0.05) is 32.6 Å². The lowest BCUT2D eigenvalue weighted by Gasteiger charge is -2.13. The number of aromatic nitrogens is 2. The van der Waals surface area contributed by atoms with Gasteiger partial charge in [0.2, 0.25) is 5.60 Å². The molecule has 1 saturated heterocycles.